The number of hydrogen-bond donors (Lipinski definition) is 0. The molecule has 0 unspecified atom stereocenters. The highest BCUT2D eigenvalue weighted by Gasteiger charge is 2.44. The van der Waals surface area contributed by atoms with Gasteiger partial charge >= 0.3 is 0 Å². The molecule has 2 aliphatic rings. The molecule has 41 heavy (non-hydrogen) atoms. The summed E-state index contributed by atoms with van der Waals surface area (Å²) >= 11 is 0. The van der Waals surface area contributed by atoms with Crippen molar-refractivity contribution in [2.45, 2.75) is 24.7 Å². The first-order valence-electron chi connectivity index (χ1n) is 14.3. The van der Waals surface area contributed by atoms with Crippen molar-refractivity contribution in [1.82, 2.24) is 14.0 Å². The lowest BCUT2D eigenvalue weighted by molar-refractivity contribution is -0.137. The second-order valence-electron chi connectivity index (χ2n) is 11.6. The largest absolute Gasteiger partial charge is 0.350 e. The normalized spacial score (nSPS) is 19.0. The van der Waals surface area contributed by atoms with Crippen LogP contribution in [0.1, 0.15) is 30.4 Å². The van der Waals surface area contributed by atoms with E-state index in [1.165, 1.54) is 45.1 Å². The fourth-order valence-corrected chi connectivity index (χ4v) is 7.24. The predicted octanol–water partition coefficient (Wildman–Crippen LogP) is 5.77. The number of anilines is 1. The molecule has 6 nitrogen and oxygen atoms in total. The third kappa shape index (κ3) is 4.05. The number of hydrogen-bond acceptors (Lipinski definition) is 2. The zero-order chi connectivity index (χ0) is 28.3. The lowest BCUT2D eigenvalue weighted by Crippen LogP contribution is -2.48. The molecule has 7 rings (SSSR count). The number of aryl methyl sites for hydroxylation is 2. The van der Waals surface area contributed by atoms with Gasteiger partial charge in [-0.2, -0.15) is 0 Å². The van der Waals surface area contributed by atoms with Gasteiger partial charge in [0.1, 0.15) is 5.82 Å². The average molecular weight is 549 g/mol. The van der Waals surface area contributed by atoms with Gasteiger partial charge in [-0.15, -0.1) is 0 Å². The fraction of sp³-hybridized carbons (Fsp3) is 0.294. The molecule has 0 spiro atoms. The predicted molar refractivity (Wildman–Crippen MR) is 159 cm³/mol. The number of para-hydroxylation sites is 2. The van der Waals surface area contributed by atoms with E-state index < -0.39 is 5.92 Å². The molecule has 0 saturated carbocycles. The monoisotopic (exact) mass is 548 g/mol. The number of benzene rings is 3. The van der Waals surface area contributed by atoms with Gasteiger partial charge in [-0.25, -0.2) is 4.39 Å². The molecular weight excluding hydrogens is 515 g/mol. The van der Waals surface area contributed by atoms with Crippen LogP contribution in [0.2, 0.25) is 0 Å². The van der Waals surface area contributed by atoms with Gasteiger partial charge in [0.05, 0.1) is 5.92 Å². The maximum absolute atomic E-state index is 13.8. The third-order valence-corrected chi connectivity index (χ3v) is 9.37. The molecule has 0 aliphatic carbocycles. The summed E-state index contributed by atoms with van der Waals surface area (Å²) in [6.45, 7) is 1.57. The number of likely N-dealkylation sites (tertiary alicyclic amines) is 1. The van der Waals surface area contributed by atoms with Gasteiger partial charge in [0, 0.05) is 85.5 Å². The SMILES string of the molecule is Cn1cc(C2(c3cn(C)c4ccccc34)CCN(C(=O)[C@H]3CC(=O)N(c4ccc(F)cc4)C3)CC2)c2ccccc21. The molecular formula is C34H33FN4O2. The molecule has 2 saturated heterocycles. The van der Waals surface area contributed by atoms with E-state index in [2.05, 4.69) is 84.2 Å². The fourth-order valence-electron chi connectivity index (χ4n) is 7.24. The number of amides is 2. The number of fused-ring (bicyclic) bond motifs is 2. The number of carbonyl (C=O) groups is 2. The van der Waals surface area contributed by atoms with Gasteiger partial charge < -0.3 is 18.9 Å². The van der Waals surface area contributed by atoms with Crippen molar-refractivity contribution in [3.63, 3.8) is 0 Å². The first-order chi connectivity index (χ1) is 19.9. The molecule has 2 amide bonds. The van der Waals surface area contributed by atoms with Crippen molar-refractivity contribution in [1.29, 1.82) is 0 Å². The van der Waals surface area contributed by atoms with Crippen LogP contribution in [-0.4, -0.2) is 45.5 Å². The maximum atomic E-state index is 13.8. The quantitative estimate of drug-likeness (QED) is 0.286. The van der Waals surface area contributed by atoms with E-state index in [-0.39, 0.29) is 29.5 Å². The van der Waals surface area contributed by atoms with Crippen LogP contribution in [0, 0.1) is 11.7 Å². The summed E-state index contributed by atoms with van der Waals surface area (Å²) in [7, 11) is 4.20. The van der Waals surface area contributed by atoms with Gasteiger partial charge in [-0.05, 0) is 60.4 Å². The lowest BCUT2D eigenvalue weighted by Gasteiger charge is -2.43. The van der Waals surface area contributed by atoms with Crippen LogP contribution < -0.4 is 4.90 Å². The van der Waals surface area contributed by atoms with E-state index in [1.54, 1.807) is 17.0 Å². The first-order valence-corrected chi connectivity index (χ1v) is 14.3. The van der Waals surface area contributed by atoms with Crippen molar-refractivity contribution >= 4 is 39.3 Å². The van der Waals surface area contributed by atoms with Crippen LogP contribution in [0.5, 0.6) is 0 Å². The zero-order valence-corrected chi connectivity index (χ0v) is 23.4. The number of halogens is 1. The first kappa shape index (κ1) is 25.6. The summed E-state index contributed by atoms with van der Waals surface area (Å²) in [5, 5.41) is 2.50. The molecule has 5 aromatic rings. The van der Waals surface area contributed by atoms with Crippen molar-refractivity contribution < 1.29 is 14.0 Å². The van der Waals surface area contributed by atoms with E-state index in [4.69, 9.17) is 0 Å². The van der Waals surface area contributed by atoms with E-state index in [9.17, 15) is 14.0 Å². The van der Waals surface area contributed by atoms with E-state index in [0.717, 1.165) is 12.8 Å². The van der Waals surface area contributed by atoms with E-state index in [1.807, 2.05) is 4.90 Å². The molecule has 2 fully saturated rings. The molecule has 0 N–H and O–H groups in total. The van der Waals surface area contributed by atoms with E-state index in [0.29, 0.717) is 25.3 Å². The number of rotatable bonds is 4. The Kier molecular flexibility index (Phi) is 6.00. The number of piperidine rings is 1. The van der Waals surface area contributed by atoms with Crippen molar-refractivity contribution in [2.24, 2.45) is 20.0 Å². The molecule has 7 heteroatoms. The number of nitrogens with zero attached hydrogens (tertiary/aromatic N) is 4. The van der Waals surface area contributed by atoms with Crippen molar-refractivity contribution in [3.05, 3.63) is 102 Å². The highest BCUT2D eigenvalue weighted by molar-refractivity contribution is 6.00. The smallest absolute Gasteiger partial charge is 0.228 e. The summed E-state index contributed by atoms with van der Waals surface area (Å²) in [5.41, 5.74) is 5.38. The summed E-state index contributed by atoms with van der Waals surface area (Å²) in [6.07, 6.45) is 6.33. The van der Waals surface area contributed by atoms with E-state index >= 15 is 0 Å². The van der Waals surface area contributed by atoms with Crippen LogP contribution in [0.15, 0.2) is 85.2 Å². The Morgan fingerprint density at radius 2 is 1.34 bits per heavy atom. The van der Waals surface area contributed by atoms with Gasteiger partial charge in [0.2, 0.25) is 11.8 Å². The third-order valence-electron chi connectivity index (χ3n) is 9.37. The standard InChI is InChI=1S/C34H33FN4O2/c1-36-21-28(26-7-3-5-9-30(26)36)34(29-22-37(2)31-10-6-4-8-27(29)31)15-17-38(18-16-34)33(41)23-19-32(40)39(20-23)25-13-11-24(35)12-14-25/h3-14,21-23H,15-20H2,1-2H3/t23-/m0/s1. The second kappa shape index (κ2) is 9.61. The Morgan fingerprint density at radius 3 is 1.90 bits per heavy atom. The molecule has 2 aliphatic heterocycles. The summed E-state index contributed by atoms with van der Waals surface area (Å²) in [5.74, 6) is -0.794. The van der Waals surface area contributed by atoms with Crippen molar-refractivity contribution in [3.8, 4) is 0 Å². The Bertz CT molecular complexity index is 1710. The van der Waals surface area contributed by atoms with Crippen LogP contribution in [-0.2, 0) is 29.1 Å². The summed E-state index contributed by atoms with van der Waals surface area (Å²) < 4.78 is 17.9. The number of aromatic nitrogens is 2. The van der Waals surface area contributed by atoms with Gasteiger partial charge in [-0.1, -0.05) is 36.4 Å². The van der Waals surface area contributed by atoms with Gasteiger partial charge in [0.15, 0.2) is 0 Å². The molecule has 0 radical (unpaired) electrons. The minimum atomic E-state index is -0.393. The highest BCUT2D eigenvalue weighted by Crippen LogP contribution is 2.48. The van der Waals surface area contributed by atoms with Crippen LogP contribution in [0.3, 0.4) is 0 Å². The topological polar surface area (TPSA) is 50.5 Å². The Balaban J connectivity index is 1.21. The second-order valence-corrected chi connectivity index (χ2v) is 11.6. The zero-order valence-electron chi connectivity index (χ0n) is 23.4. The Hall–Kier alpha value is -4.39. The Morgan fingerprint density at radius 1 is 0.805 bits per heavy atom. The summed E-state index contributed by atoms with van der Waals surface area (Å²) in [4.78, 5) is 30.2. The molecule has 3 aromatic carbocycles. The number of carbonyl (C=O) groups excluding carboxylic acids is 2. The molecule has 1 atom stereocenters. The van der Waals surface area contributed by atoms with Crippen LogP contribution in [0.25, 0.3) is 21.8 Å². The molecule has 0 bridgehead atoms. The van der Waals surface area contributed by atoms with Gasteiger partial charge in [-0.3, -0.25) is 9.59 Å². The molecule has 4 heterocycles. The Labute approximate surface area is 238 Å². The minimum absolute atomic E-state index is 0.0346. The maximum Gasteiger partial charge on any atom is 0.228 e. The van der Waals surface area contributed by atoms with Crippen molar-refractivity contribution in [2.75, 3.05) is 24.5 Å². The lowest BCUT2D eigenvalue weighted by atomic mass is 9.67. The van der Waals surface area contributed by atoms with Crippen LogP contribution in [0.4, 0.5) is 10.1 Å². The van der Waals surface area contributed by atoms with Gasteiger partial charge in [0.25, 0.3) is 0 Å². The van der Waals surface area contributed by atoms with Crippen LogP contribution >= 0.6 is 0 Å². The average Bonchev–Trinajstić information content (AvgIpc) is 3.67. The molecule has 2 aromatic heterocycles. The molecule has 208 valence electrons. The summed E-state index contributed by atoms with van der Waals surface area (Å²) in [6, 6.07) is 23.0. The minimum Gasteiger partial charge on any atom is -0.350 e. The highest BCUT2D eigenvalue weighted by atomic mass is 19.1.